The standard InChI is InChI=1S/C8H10N2O3S3/c1-4-3-14-8-5(7(11)10-4)2-6(15-8)16(9,12)13/h2,4H,3H2,1H3,(H,10,11)(H2,9,12,13)/t4-/m0/s1. The van der Waals surface area contributed by atoms with E-state index in [1.807, 2.05) is 6.92 Å². The zero-order valence-electron chi connectivity index (χ0n) is 8.39. The lowest BCUT2D eigenvalue weighted by Crippen LogP contribution is -2.32. The average Bonchev–Trinajstić information content (AvgIpc) is 2.52. The number of carbonyl (C=O) groups excluding carboxylic acids is 1. The monoisotopic (exact) mass is 278 g/mol. The Hall–Kier alpha value is -0.570. The van der Waals surface area contributed by atoms with Gasteiger partial charge in [0.2, 0.25) is 10.0 Å². The van der Waals surface area contributed by atoms with Crippen LogP contribution >= 0.6 is 23.1 Å². The van der Waals surface area contributed by atoms with Crippen LogP contribution in [-0.4, -0.2) is 26.1 Å². The summed E-state index contributed by atoms with van der Waals surface area (Å²) in [5, 5.41) is 7.80. The zero-order chi connectivity index (χ0) is 11.9. The quantitative estimate of drug-likeness (QED) is 0.788. The fourth-order valence-corrected chi connectivity index (χ4v) is 4.58. The molecule has 5 nitrogen and oxygen atoms in total. The molecule has 88 valence electrons. The summed E-state index contributed by atoms with van der Waals surface area (Å²) in [5.41, 5.74) is 0.406. The van der Waals surface area contributed by atoms with Crippen LogP contribution in [0.1, 0.15) is 17.3 Å². The molecule has 3 N–H and O–H groups in total. The van der Waals surface area contributed by atoms with Gasteiger partial charge in [-0.3, -0.25) is 4.79 Å². The molecule has 0 saturated carbocycles. The Bertz CT molecular complexity index is 535. The Morgan fingerprint density at radius 2 is 2.25 bits per heavy atom. The number of rotatable bonds is 1. The van der Waals surface area contributed by atoms with Gasteiger partial charge in [-0.25, -0.2) is 13.6 Å². The van der Waals surface area contributed by atoms with Crippen LogP contribution in [0.5, 0.6) is 0 Å². The molecular weight excluding hydrogens is 268 g/mol. The molecule has 1 aromatic rings. The molecule has 0 saturated heterocycles. The van der Waals surface area contributed by atoms with Crippen molar-refractivity contribution in [1.82, 2.24) is 5.32 Å². The number of hydrogen-bond donors (Lipinski definition) is 2. The van der Waals surface area contributed by atoms with Gasteiger partial charge in [-0.15, -0.1) is 23.1 Å². The molecule has 8 heteroatoms. The van der Waals surface area contributed by atoms with E-state index in [0.717, 1.165) is 17.1 Å². The second-order valence-corrected chi connectivity index (χ2v) is 7.63. The third-order valence-corrected chi connectivity index (χ3v) is 6.14. The van der Waals surface area contributed by atoms with Gasteiger partial charge in [0.05, 0.1) is 9.77 Å². The largest absolute Gasteiger partial charge is 0.349 e. The Kier molecular flexibility index (Phi) is 2.99. The van der Waals surface area contributed by atoms with Crippen LogP contribution in [0.2, 0.25) is 0 Å². The first kappa shape index (κ1) is 11.9. The van der Waals surface area contributed by atoms with Crippen LogP contribution in [0, 0.1) is 0 Å². The number of hydrogen-bond acceptors (Lipinski definition) is 5. The Morgan fingerprint density at radius 1 is 1.56 bits per heavy atom. The van der Waals surface area contributed by atoms with Gasteiger partial charge in [0.25, 0.3) is 5.91 Å². The number of carbonyl (C=O) groups is 1. The van der Waals surface area contributed by atoms with Crippen LogP contribution in [0.15, 0.2) is 14.5 Å². The van der Waals surface area contributed by atoms with Gasteiger partial charge < -0.3 is 5.32 Å². The molecule has 0 aromatic carbocycles. The number of nitrogens with two attached hydrogens (primary N) is 1. The molecule has 2 heterocycles. The molecule has 0 unspecified atom stereocenters. The third-order valence-electron chi connectivity index (χ3n) is 2.04. The fraction of sp³-hybridized carbons (Fsp3) is 0.375. The SMILES string of the molecule is C[C@H]1CSc2sc(S(N)(=O)=O)cc2C(=O)N1. The van der Waals surface area contributed by atoms with Gasteiger partial charge in [0.15, 0.2) is 0 Å². The predicted octanol–water partition coefficient (Wildman–Crippen LogP) is 0.620. The zero-order valence-corrected chi connectivity index (χ0v) is 10.8. The molecule has 0 aliphatic carbocycles. The van der Waals surface area contributed by atoms with Crippen LogP contribution in [0.4, 0.5) is 0 Å². The minimum atomic E-state index is -3.72. The second-order valence-electron chi connectivity index (χ2n) is 3.50. The summed E-state index contributed by atoms with van der Waals surface area (Å²) >= 11 is 2.52. The summed E-state index contributed by atoms with van der Waals surface area (Å²) in [6.07, 6.45) is 0. The van der Waals surface area contributed by atoms with Crippen LogP contribution in [0.3, 0.4) is 0 Å². The molecule has 0 radical (unpaired) electrons. The number of nitrogens with one attached hydrogen (secondary N) is 1. The van der Waals surface area contributed by atoms with Crippen molar-refractivity contribution in [3.05, 3.63) is 11.6 Å². The normalized spacial score (nSPS) is 21.1. The fourth-order valence-electron chi connectivity index (χ4n) is 1.30. The molecule has 0 bridgehead atoms. The Labute approximate surface area is 101 Å². The Balaban J connectivity index is 2.47. The number of thioether (sulfide) groups is 1. The van der Waals surface area contributed by atoms with E-state index in [0.29, 0.717) is 9.77 Å². The number of sulfonamides is 1. The summed E-state index contributed by atoms with van der Waals surface area (Å²) < 4.78 is 23.1. The summed E-state index contributed by atoms with van der Waals surface area (Å²) in [6, 6.07) is 1.42. The number of thiophene rings is 1. The van der Waals surface area contributed by atoms with Crippen molar-refractivity contribution >= 4 is 39.0 Å². The molecular formula is C8H10N2O3S3. The molecule has 1 aliphatic heterocycles. The average molecular weight is 278 g/mol. The second kappa shape index (κ2) is 4.02. The van der Waals surface area contributed by atoms with Crippen molar-refractivity contribution in [3.63, 3.8) is 0 Å². The maximum Gasteiger partial charge on any atom is 0.253 e. The lowest BCUT2D eigenvalue weighted by Gasteiger charge is -2.07. The van der Waals surface area contributed by atoms with Gasteiger partial charge in [-0.2, -0.15) is 0 Å². The highest BCUT2D eigenvalue weighted by molar-refractivity contribution is 8.01. The minimum absolute atomic E-state index is 0.0368. The van der Waals surface area contributed by atoms with Crippen LogP contribution in [0.25, 0.3) is 0 Å². The number of primary sulfonamides is 1. The Morgan fingerprint density at radius 3 is 2.88 bits per heavy atom. The van der Waals surface area contributed by atoms with E-state index in [9.17, 15) is 13.2 Å². The smallest absolute Gasteiger partial charge is 0.253 e. The van der Waals surface area contributed by atoms with Gasteiger partial charge in [0.1, 0.15) is 4.21 Å². The van der Waals surface area contributed by atoms with Crippen molar-refractivity contribution in [3.8, 4) is 0 Å². The summed E-state index contributed by atoms with van der Waals surface area (Å²) in [5.74, 6) is 0.488. The van der Waals surface area contributed by atoms with Crippen molar-refractivity contribution in [1.29, 1.82) is 0 Å². The van der Waals surface area contributed by atoms with E-state index in [1.165, 1.54) is 17.8 Å². The van der Waals surface area contributed by atoms with Gasteiger partial charge in [-0.05, 0) is 13.0 Å². The summed E-state index contributed by atoms with van der Waals surface area (Å²) in [4.78, 5) is 11.7. The highest BCUT2D eigenvalue weighted by Gasteiger charge is 2.25. The first-order chi connectivity index (χ1) is 7.38. The molecule has 16 heavy (non-hydrogen) atoms. The molecule has 1 amide bonds. The van der Waals surface area contributed by atoms with E-state index in [-0.39, 0.29) is 16.2 Å². The molecule has 0 spiro atoms. The molecule has 1 atom stereocenters. The lowest BCUT2D eigenvalue weighted by atomic mass is 10.3. The van der Waals surface area contributed by atoms with E-state index >= 15 is 0 Å². The molecule has 2 rings (SSSR count). The summed E-state index contributed by atoms with van der Waals surface area (Å²) in [7, 11) is -3.72. The maximum atomic E-state index is 11.7. The predicted molar refractivity (Wildman–Crippen MR) is 63.3 cm³/mol. The summed E-state index contributed by atoms with van der Waals surface area (Å²) in [6.45, 7) is 1.90. The molecule has 1 aromatic heterocycles. The topological polar surface area (TPSA) is 89.3 Å². The van der Waals surface area contributed by atoms with E-state index in [2.05, 4.69) is 5.32 Å². The van der Waals surface area contributed by atoms with E-state index in [1.54, 1.807) is 0 Å². The van der Waals surface area contributed by atoms with Crippen LogP contribution in [-0.2, 0) is 10.0 Å². The van der Waals surface area contributed by atoms with E-state index < -0.39 is 10.0 Å². The van der Waals surface area contributed by atoms with Crippen LogP contribution < -0.4 is 10.5 Å². The minimum Gasteiger partial charge on any atom is -0.349 e. The number of fused-ring (bicyclic) bond motifs is 1. The first-order valence-electron chi connectivity index (χ1n) is 4.48. The number of amides is 1. The van der Waals surface area contributed by atoms with E-state index in [4.69, 9.17) is 5.14 Å². The van der Waals surface area contributed by atoms with Gasteiger partial charge in [-0.1, -0.05) is 0 Å². The van der Waals surface area contributed by atoms with Crippen molar-refractivity contribution in [2.45, 2.75) is 21.4 Å². The highest BCUT2D eigenvalue weighted by Crippen LogP contribution is 2.35. The van der Waals surface area contributed by atoms with Crippen molar-refractivity contribution < 1.29 is 13.2 Å². The van der Waals surface area contributed by atoms with Crippen molar-refractivity contribution in [2.24, 2.45) is 5.14 Å². The third kappa shape index (κ3) is 2.24. The molecule has 1 aliphatic rings. The molecule has 0 fully saturated rings. The highest BCUT2D eigenvalue weighted by atomic mass is 32.3. The maximum absolute atomic E-state index is 11.7. The lowest BCUT2D eigenvalue weighted by molar-refractivity contribution is 0.0943. The van der Waals surface area contributed by atoms with Gasteiger partial charge >= 0.3 is 0 Å². The van der Waals surface area contributed by atoms with Gasteiger partial charge in [0, 0.05) is 11.8 Å². The van der Waals surface area contributed by atoms with Crippen molar-refractivity contribution in [2.75, 3.05) is 5.75 Å². The first-order valence-corrected chi connectivity index (χ1v) is 7.83.